The van der Waals surface area contributed by atoms with E-state index >= 15 is 0 Å². The van der Waals surface area contributed by atoms with E-state index in [0.717, 1.165) is 16.8 Å². The van der Waals surface area contributed by atoms with E-state index in [0.29, 0.717) is 24.0 Å². The van der Waals surface area contributed by atoms with Gasteiger partial charge in [-0.15, -0.1) is 0 Å². The van der Waals surface area contributed by atoms with Crippen molar-refractivity contribution in [2.24, 2.45) is 12.0 Å². The first-order valence-corrected chi connectivity index (χ1v) is 10.0. The molecule has 0 spiro atoms. The molecule has 1 aromatic carbocycles. The number of aromatic nitrogens is 2. The summed E-state index contributed by atoms with van der Waals surface area (Å²) in [7, 11) is 1.84. The Bertz CT molecular complexity index is 933. The van der Waals surface area contributed by atoms with Crippen molar-refractivity contribution in [3.8, 4) is 0 Å². The minimum atomic E-state index is -0.155. The van der Waals surface area contributed by atoms with Crippen molar-refractivity contribution in [2.75, 3.05) is 12.3 Å². The minimum absolute atomic E-state index is 0.0967. The molecule has 7 nitrogen and oxygen atoms in total. The molecule has 0 unspecified atom stereocenters. The zero-order valence-corrected chi connectivity index (χ0v) is 17.0. The average Bonchev–Trinajstić information content (AvgIpc) is 3.17. The van der Waals surface area contributed by atoms with E-state index in [2.05, 4.69) is 15.4 Å². The SMILES string of the molecule is CCN1C(=O)C(=Cc2cn(C)nc2C)N=C1SCC(=O)NCc1ccccc1. The fourth-order valence-corrected chi connectivity index (χ4v) is 3.70. The lowest BCUT2D eigenvalue weighted by Crippen LogP contribution is -2.32. The van der Waals surface area contributed by atoms with Crippen molar-refractivity contribution in [3.05, 3.63) is 59.0 Å². The third-order valence-electron chi connectivity index (χ3n) is 4.24. The van der Waals surface area contributed by atoms with Crippen molar-refractivity contribution in [2.45, 2.75) is 20.4 Å². The van der Waals surface area contributed by atoms with Crippen molar-refractivity contribution >= 4 is 34.8 Å². The number of nitrogens with zero attached hydrogens (tertiary/aromatic N) is 4. The smallest absolute Gasteiger partial charge is 0.278 e. The Morgan fingerprint density at radius 2 is 2.04 bits per heavy atom. The van der Waals surface area contributed by atoms with Crippen LogP contribution in [0.2, 0.25) is 0 Å². The molecule has 0 radical (unpaired) electrons. The number of hydrogen-bond donors (Lipinski definition) is 1. The van der Waals surface area contributed by atoms with Crippen molar-refractivity contribution in [3.63, 3.8) is 0 Å². The molecular weight excluding hydrogens is 374 g/mol. The van der Waals surface area contributed by atoms with Gasteiger partial charge in [-0.3, -0.25) is 19.2 Å². The summed E-state index contributed by atoms with van der Waals surface area (Å²) in [6, 6.07) is 9.74. The Labute approximate surface area is 168 Å². The molecule has 0 fully saturated rings. The van der Waals surface area contributed by atoms with Crippen molar-refractivity contribution in [1.82, 2.24) is 20.0 Å². The summed E-state index contributed by atoms with van der Waals surface area (Å²) in [6.45, 7) is 4.76. The Balaban J connectivity index is 1.63. The van der Waals surface area contributed by atoms with Gasteiger partial charge in [-0.2, -0.15) is 5.10 Å². The number of nitrogens with one attached hydrogen (secondary N) is 1. The lowest BCUT2D eigenvalue weighted by molar-refractivity contribution is -0.122. The van der Waals surface area contributed by atoms with Gasteiger partial charge in [0.05, 0.1) is 11.4 Å². The molecule has 0 saturated carbocycles. The number of aliphatic imine (C=N–C) groups is 1. The molecule has 2 aromatic rings. The van der Waals surface area contributed by atoms with Crippen LogP contribution >= 0.6 is 11.8 Å². The summed E-state index contributed by atoms with van der Waals surface area (Å²) >= 11 is 1.27. The highest BCUT2D eigenvalue weighted by Gasteiger charge is 2.29. The van der Waals surface area contributed by atoms with Gasteiger partial charge in [-0.25, -0.2) is 4.99 Å². The zero-order valence-electron chi connectivity index (χ0n) is 16.2. The van der Waals surface area contributed by atoms with Crippen LogP contribution in [0.5, 0.6) is 0 Å². The number of thioether (sulfide) groups is 1. The molecule has 0 aliphatic carbocycles. The van der Waals surface area contributed by atoms with Gasteiger partial charge in [-0.05, 0) is 25.5 Å². The minimum Gasteiger partial charge on any atom is -0.351 e. The molecule has 146 valence electrons. The van der Waals surface area contributed by atoms with E-state index in [1.807, 2.05) is 57.4 Å². The normalized spacial score (nSPS) is 15.2. The summed E-state index contributed by atoms with van der Waals surface area (Å²) in [5.74, 6) is -0.0483. The number of carbonyl (C=O) groups excluding carboxylic acids is 2. The number of aryl methyl sites for hydroxylation is 2. The van der Waals surface area contributed by atoms with Crippen LogP contribution in [0.3, 0.4) is 0 Å². The van der Waals surface area contributed by atoms with Gasteiger partial charge >= 0.3 is 0 Å². The Morgan fingerprint density at radius 1 is 1.29 bits per heavy atom. The highest BCUT2D eigenvalue weighted by molar-refractivity contribution is 8.14. The fourth-order valence-electron chi connectivity index (χ4n) is 2.80. The molecule has 0 atom stereocenters. The van der Waals surface area contributed by atoms with Gasteiger partial charge in [0.15, 0.2) is 5.17 Å². The lowest BCUT2D eigenvalue weighted by atomic mass is 10.2. The van der Waals surface area contributed by atoms with E-state index in [1.165, 1.54) is 11.8 Å². The molecule has 1 aromatic heterocycles. The first-order chi connectivity index (χ1) is 13.5. The van der Waals surface area contributed by atoms with Crippen LogP contribution in [0.25, 0.3) is 6.08 Å². The highest BCUT2D eigenvalue weighted by atomic mass is 32.2. The molecular formula is C20H23N5O2S. The lowest BCUT2D eigenvalue weighted by Gasteiger charge is -2.14. The molecule has 28 heavy (non-hydrogen) atoms. The van der Waals surface area contributed by atoms with Crippen LogP contribution in [0, 0.1) is 6.92 Å². The number of amidine groups is 1. The third-order valence-corrected chi connectivity index (χ3v) is 5.21. The molecule has 0 bridgehead atoms. The molecule has 2 amide bonds. The van der Waals surface area contributed by atoms with Crippen LogP contribution in [-0.4, -0.2) is 44.0 Å². The van der Waals surface area contributed by atoms with Gasteiger partial charge in [0, 0.05) is 31.9 Å². The van der Waals surface area contributed by atoms with Gasteiger partial charge in [0.2, 0.25) is 5.91 Å². The summed E-state index contributed by atoms with van der Waals surface area (Å²) in [4.78, 5) is 30.8. The second-order valence-electron chi connectivity index (χ2n) is 6.37. The first kappa shape index (κ1) is 19.9. The monoisotopic (exact) mass is 397 g/mol. The van der Waals surface area contributed by atoms with Crippen LogP contribution in [0.4, 0.5) is 0 Å². The van der Waals surface area contributed by atoms with E-state index in [4.69, 9.17) is 0 Å². The molecule has 1 aliphatic heterocycles. The van der Waals surface area contributed by atoms with E-state index < -0.39 is 0 Å². The topological polar surface area (TPSA) is 79.6 Å². The van der Waals surface area contributed by atoms with Crippen LogP contribution in [0.15, 0.2) is 47.2 Å². The molecule has 1 N–H and O–H groups in total. The summed E-state index contributed by atoms with van der Waals surface area (Å²) < 4.78 is 1.70. The maximum atomic E-state index is 12.6. The molecule has 0 saturated heterocycles. The van der Waals surface area contributed by atoms with E-state index in [1.54, 1.807) is 15.7 Å². The van der Waals surface area contributed by atoms with Crippen LogP contribution in [-0.2, 0) is 23.2 Å². The highest BCUT2D eigenvalue weighted by Crippen LogP contribution is 2.24. The number of amides is 2. The van der Waals surface area contributed by atoms with Gasteiger partial charge < -0.3 is 5.32 Å². The van der Waals surface area contributed by atoms with Crippen molar-refractivity contribution in [1.29, 1.82) is 0 Å². The summed E-state index contributed by atoms with van der Waals surface area (Å²) in [6.07, 6.45) is 3.60. The van der Waals surface area contributed by atoms with Gasteiger partial charge in [-0.1, -0.05) is 42.1 Å². The quantitative estimate of drug-likeness (QED) is 0.759. The number of carbonyl (C=O) groups is 2. The largest absolute Gasteiger partial charge is 0.351 e. The maximum Gasteiger partial charge on any atom is 0.278 e. The second-order valence-corrected chi connectivity index (χ2v) is 7.31. The van der Waals surface area contributed by atoms with Crippen LogP contribution in [0.1, 0.15) is 23.7 Å². The zero-order chi connectivity index (χ0) is 20.1. The Kier molecular flexibility index (Phi) is 6.30. The number of benzene rings is 1. The second kappa shape index (κ2) is 8.88. The summed E-state index contributed by atoms with van der Waals surface area (Å²) in [5, 5.41) is 7.72. The molecule has 2 heterocycles. The molecule has 8 heteroatoms. The number of rotatable bonds is 6. The van der Waals surface area contributed by atoms with E-state index in [9.17, 15) is 9.59 Å². The Hall–Kier alpha value is -2.87. The predicted molar refractivity (Wildman–Crippen MR) is 111 cm³/mol. The van der Waals surface area contributed by atoms with Crippen LogP contribution < -0.4 is 5.32 Å². The van der Waals surface area contributed by atoms with Gasteiger partial charge in [0.1, 0.15) is 5.70 Å². The first-order valence-electron chi connectivity index (χ1n) is 9.04. The van der Waals surface area contributed by atoms with Crippen molar-refractivity contribution < 1.29 is 9.59 Å². The Morgan fingerprint density at radius 3 is 2.68 bits per heavy atom. The number of hydrogen-bond acceptors (Lipinski definition) is 5. The standard InChI is InChI=1S/C20H23N5O2S/c1-4-25-19(27)17(10-16-12-24(3)23-14(16)2)22-20(25)28-13-18(26)21-11-15-8-6-5-7-9-15/h5-10,12H,4,11,13H2,1-3H3,(H,21,26). The third kappa shape index (κ3) is 4.69. The fraction of sp³-hybridized carbons (Fsp3) is 0.300. The van der Waals surface area contributed by atoms with Gasteiger partial charge in [0.25, 0.3) is 5.91 Å². The summed E-state index contributed by atoms with van der Waals surface area (Å²) in [5.41, 5.74) is 3.10. The molecule has 3 rings (SSSR count). The maximum absolute atomic E-state index is 12.6. The average molecular weight is 398 g/mol. The molecule has 1 aliphatic rings. The number of likely N-dealkylation sites (N-methyl/N-ethyl adjacent to an activating group) is 1. The van der Waals surface area contributed by atoms with E-state index in [-0.39, 0.29) is 17.6 Å². The predicted octanol–water partition coefficient (Wildman–Crippen LogP) is 2.34.